The summed E-state index contributed by atoms with van der Waals surface area (Å²) in [5, 5.41) is 3.69. The van der Waals surface area contributed by atoms with E-state index in [-0.39, 0.29) is 34.4 Å². The Balaban J connectivity index is 1.81. The van der Waals surface area contributed by atoms with Crippen molar-refractivity contribution in [2.24, 2.45) is 0 Å². The number of hydrogen-bond donors (Lipinski definition) is 0. The van der Waals surface area contributed by atoms with Crippen molar-refractivity contribution in [3.05, 3.63) is 35.9 Å². The summed E-state index contributed by atoms with van der Waals surface area (Å²) in [5.74, 6) is -1.18. The van der Waals surface area contributed by atoms with Crippen molar-refractivity contribution in [2.75, 3.05) is 20.1 Å². The number of alkyl halides is 3. The van der Waals surface area contributed by atoms with E-state index in [9.17, 15) is 22.8 Å². The molecule has 1 aromatic heterocycles. The smallest absolute Gasteiger partial charge is 0.594 e. The molecule has 136 valence electrons. The Morgan fingerprint density at radius 1 is 1.12 bits per heavy atom. The van der Waals surface area contributed by atoms with Crippen LogP contribution in [-0.2, 0) is 25.1 Å². The van der Waals surface area contributed by atoms with Crippen LogP contribution in [-0.4, -0.2) is 48.3 Å². The molecule has 26 heavy (non-hydrogen) atoms. The van der Waals surface area contributed by atoms with Gasteiger partial charge in [0, 0.05) is 12.6 Å². The van der Waals surface area contributed by atoms with Crippen LogP contribution in [0, 0.1) is 0 Å². The first-order valence-electron chi connectivity index (χ1n) is 7.70. The SMILES string of the molecule is C[N+]12CC(=O)O[B-]1(c1cc(-c3ccccc3C(F)(F)F)no1)OC(=O)C2. The maximum Gasteiger partial charge on any atom is 0.651 e. The lowest BCUT2D eigenvalue weighted by Gasteiger charge is -2.37. The minimum absolute atomic E-state index is 0.0869. The molecule has 0 aliphatic carbocycles. The van der Waals surface area contributed by atoms with Crippen molar-refractivity contribution < 1.29 is 41.0 Å². The quantitative estimate of drug-likeness (QED) is 0.738. The molecule has 0 bridgehead atoms. The predicted molar refractivity (Wildman–Crippen MR) is 80.4 cm³/mol. The molecule has 0 saturated carbocycles. The first-order chi connectivity index (χ1) is 12.1. The fourth-order valence-electron chi connectivity index (χ4n) is 3.56. The summed E-state index contributed by atoms with van der Waals surface area (Å²) in [4.78, 5) is 23.6. The van der Waals surface area contributed by atoms with Crippen LogP contribution in [0.1, 0.15) is 5.56 Å². The molecule has 11 heteroatoms. The summed E-state index contributed by atoms with van der Waals surface area (Å²) in [6.07, 6.45) is -4.58. The molecule has 0 N–H and O–H groups in total. The largest absolute Gasteiger partial charge is 0.651 e. The van der Waals surface area contributed by atoms with E-state index in [0.29, 0.717) is 0 Å². The molecule has 0 amide bonds. The number of hydrogen-bond acceptors (Lipinski definition) is 6. The van der Waals surface area contributed by atoms with Crippen LogP contribution >= 0.6 is 0 Å². The van der Waals surface area contributed by atoms with Crippen LogP contribution in [0.25, 0.3) is 11.3 Å². The van der Waals surface area contributed by atoms with Gasteiger partial charge in [-0.3, -0.25) is 9.59 Å². The van der Waals surface area contributed by atoms with Crippen LogP contribution in [0.15, 0.2) is 34.9 Å². The second-order valence-corrected chi connectivity index (χ2v) is 6.61. The van der Waals surface area contributed by atoms with Gasteiger partial charge in [0.15, 0.2) is 0 Å². The van der Waals surface area contributed by atoms with E-state index in [1.165, 1.54) is 24.3 Å². The Morgan fingerprint density at radius 2 is 1.73 bits per heavy atom. The average Bonchev–Trinajstić information content (AvgIpc) is 3.16. The van der Waals surface area contributed by atoms with E-state index in [1.807, 2.05) is 0 Å². The van der Waals surface area contributed by atoms with Gasteiger partial charge in [0.2, 0.25) is 0 Å². The van der Waals surface area contributed by atoms with Crippen LogP contribution in [0.4, 0.5) is 13.2 Å². The molecule has 0 unspecified atom stereocenters. The summed E-state index contributed by atoms with van der Waals surface area (Å²) in [5.41, 5.74) is -1.25. The Hall–Kier alpha value is -2.82. The van der Waals surface area contributed by atoms with E-state index in [2.05, 4.69) is 5.16 Å². The molecule has 2 saturated heterocycles. The van der Waals surface area contributed by atoms with E-state index >= 15 is 0 Å². The Bertz CT molecular complexity index is 906. The molecule has 0 radical (unpaired) electrons. The monoisotopic (exact) mass is 368 g/mol. The topological polar surface area (TPSA) is 78.6 Å². The standard InChI is InChI=1S/C15H12BF3N2O5/c1-21-7-13(22)24-16(21,25-14(23)8-21)12-6-11(20-26-12)9-4-2-3-5-10(9)15(17,18)19/h2-6H,7-8H2,1H3. The highest BCUT2D eigenvalue weighted by atomic mass is 19.4. The third-order valence-electron chi connectivity index (χ3n) is 4.78. The average molecular weight is 368 g/mol. The second-order valence-electron chi connectivity index (χ2n) is 6.61. The lowest BCUT2D eigenvalue weighted by Crippen LogP contribution is -2.67. The van der Waals surface area contributed by atoms with E-state index in [0.717, 1.165) is 6.07 Å². The van der Waals surface area contributed by atoms with Gasteiger partial charge in [-0.25, -0.2) is 0 Å². The summed E-state index contributed by atoms with van der Waals surface area (Å²) in [6.45, 7) is -2.90. The highest BCUT2D eigenvalue weighted by molar-refractivity contribution is 6.78. The van der Waals surface area contributed by atoms with Crippen molar-refractivity contribution in [2.45, 2.75) is 6.18 Å². The number of halogens is 3. The lowest BCUT2D eigenvalue weighted by atomic mass is 9.65. The first kappa shape index (κ1) is 16.6. The van der Waals surface area contributed by atoms with Gasteiger partial charge in [-0.2, -0.15) is 13.2 Å². The van der Waals surface area contributed by atoms with Crippen LogP contribution in [0.2, 0.25) is 0 Å². The zero-order chi connectivity index (χ0) is 18.7. The Kier molecular flexibility index (Phi) is 3.26. The Morgan fingerprint density at radius 3 is 2.35 bits per heavy atom. The van der Waals surface area contributed by atoms with Gasteiger partial charge < -0.3 is 18.2 Å². The minimum Gasteiger partial charge on any atom is -0.594 e. The molecule has 2 aliphatic heterocycles. The lowest BCUT2D eigenvalue weighted by molar-refractivity contribution is -0.791. The molecular weight excluding hydrogens is 356 g/mol. The zero-order valence-electron chi connectivity index (χ0n) is 13.4. The number of likely N-dealkylation sites (N-methyl/N-ethyl adjacent to an activating group) is 1. The van der Waals surface area contributed by atoms with E-state index in [4.69, 9.17) is 13.8 Å². The zero-order valence-corrected chi connectivity index (χ0v) is 13.4. The maximum absolute atomic E-state index is 13.2. The summed E-state index contributed by atoms with van der Waals surface area (Å²) in [6, 6.07) is 6.11. The van der Waals surface area contributed by atoms with Crippen molar-refractivity contribution in [1.29, 1.82) is 0 Å². The number of nitrogens with zero attached hydrogens (tertiary/aromatic N) is 2. The molecule has 2 aromatic rings. The number of quaternary nitrogens is 1. The third-order valence-corrected chi connectivity index (χ3v) is 4.78. The highest BCUT2D eigenvalue weighted by Crippen LogP contribution is 2.38. The fourth-order valence-corrected chi connectivity index (χ4v) is 3.56. The molecule has 3 heterocycles. The van der Waals surface area contributed by atoms with Gasteiger partial charge in [-0.15, -0.1) is 0 Å². The van der Waals surface area contributed by atoms with Crippen LogP contribution in [0.3, 0.4) is 0 Å². The molecule has 0 spiro atoms. The van der Waals surface area contributed by atoms with Gasteiger partial charge in [-0.05, 0) is 12.1 Å². The number of fused-ring (bicyclic) bond motifs is 1. The van der Waals surface area contributed by atoms with E-state index < -0.39 is 30.4 Å². The van der Waals surface area contributed by atoms with Gasteiger partial charge >= 0.3 is 24.8 Å². The summed E-state index contributed by atoms with van der Waals surface area (Å²) >= 11 is 0. The number of benzene rings is 1. The highest BCUT2D eigenvalue weighted by Gasteiger charge is 2.68. The number of rotatable bonds is 2. The van der Waals surface area contributed by atoms with Crippen LogP contribution < -0.4 is 5.66 Å². The molecule has 2 aliphatic rings. The summed E-state index contributed by atoms with van der Waals surface area (Å²) in [7, 11) is 1.58. The molecular formula is C15H12BF3N2O5. The molecule has 4 rings (SSSR count). The normalized spacial score (nSPS) is 28.0. The molecule has 2 fully saturated rings. The fraction of sp³-hybridized carbons (Fsp3) is 0.267. The van der Waals surface area contributed by atoms with Gasteiger partial charge in [0.05, 0.1) is 5.56 Å². The third kappa shape index (κ3) is 2.23. The Labute approximate surface area is 144 Å². The van der Waals surface area contributed by atoms with Crippen LogP contribution in [0.5, 0.6) is 0 Å². The van der Waals surface area contributed by atoms with Gasteiger partial charge in [0.1, 0.15) is 24.4 Å². The van der Waals surface area contributed by atoms with Gasteiger partial charge in [0.25, 0.3) is 0 Å². The number of carbonyl (C=O) groups is 2. The summed E-state index contributed by atoms with van der Waals surface area (Å²) < 4.78 is 55.2. The molecule has 7 nitrogen and oxygen atoms in total. The van der Waals surface area contributed by atoms with Crippen molar-refractivity contribution in [3.8, 4) is 11.3 Å². The first-order valence-corrected chi connectivity index (χ1v) is 7.70. The molecule has 1 aromatic carbocycles. The number of carbonyl (C=O) groups excluding carboxylic acids is 2. The minimum atomic E-state index is -4.58. The van der Waals surface area contributed by atoms with Crippen molar-refractivity contribution in [1.82, 2.24) is 5.16 Å². The second kappa shape index (κ2) is 5.10. The maximum atomic E-state index is 13.2. The van der Waals surface area contributed by atoms with Crippen molar-refractivity contribution in [3.63, 3.8) is 0 Å². The molecule has 0 atom stereocenters. The van der Waals surface area contributed by atoms with Gasteiger partial charge in [-0.1, -0.05) is 23.4 Å². The van der Waals surface area contributed by atoms with E-state index in [1.54, 1.807) is 7.05 Å². The number of aromatic nitrogens is 1. The van der Waals surface area contributed by atoms with Crippen molar-refractivity contribution >= 4 is 24.3 Å². The predicted octanol–water partition coefficient (Wildman–Crippen LogP) is 1.07.